The van der Waals surface area contributed by atoms with Crippen LogP contribution in [0.5, 0.6) is 17.2 Å². The van der Waals surface area contributed by atoms with E-state index in [4.69, 9.17) is 32.7 Å². The molecule has 0 bridgehead atoms. The molecule has 0 amide bonds. The number of rotatable bonds is 5. The summed E-state index contributed by atoms with van der Waals surface area (Å²) in [6.45, 7) is 0.401. The molecule has 30 heavy (non-hydrogen) atoms. The van der Waals surface area contributed by atoms with E-state index in [1.165, 1.54) is 19.2 Å². The number of phenolic OH excluding ortho intramolecular Hbond substituents is 1. The Morgan fingerprint density at radius 2 is 1.63 bits per heavy atom. The van der Waals surface area contributed by atoms with Crippen molar-refractivity contribution in [3.63, 3.8) is 0 Å². The first-order chi connectivity index (χ1) is 14.5. The van der Waals surface area contributed by atoms with Gasteiger partial charge in [-0.05, 0) is 60.2 Å². The quantitative estimate of drug-likeness (QED) is 0.370. The van der Waals surface area contributed by atoms with Gasteiger partial charge in [-0.15, -0.1) is 0 Å². The molecule has 3 aromatic carbocycles. The summed E-state index contributed by atoms with van der Waals surface area (Å²) in [7, 11) is 1.32. The molecule has 1 aromatic heterocycles. The summed E-state index contributed by atoms with van der Waals surface area (Å²) in [5.41, 5.74) is 1.98. The number of esters is 1. The van der Waals surface area contributed by atoms with Crippen molar-refractivity contribution < 1.29 is 19.4 Å². The van der Waals surface area contributed by atoms with Crippen molar-refractivity contribution in [2.24, 2.45) is 0 Å². The Balaban J connectivity index is 1.91. The Bertz CT molecular complexity index is 1210. The zero-order valence-corrected chi connectivity index (χ0v) is 17.4. The van der Waals surface area contributed by atoms with Crippen molar-refractivity contribution in [2.45, 2.75) is 6.54 Å². The Morgan fingerprint density at radius 3 is 2.30 bits per heavy atom. The first kappa shape index (κ1) is 20.1. The van der Waals surface area contributed by atoms with Gasteiger partial charge in [0.2, 0.25) is 0 Å². The van der Waals surface area contributed by atoms with Gasteiger partial charge in [0.25, 0.3) is 0 Å². The zero-order chi connectivity index (χ0) is 21.3. The third kappa shape index (κ3) is 3.95. The van der Waals surface area contributed by atoms with Crippen LogP contribution >= 0.6 is 23.2 Å². The van der Waals surface area contributed by atoms with Gasteiger partial charge in [-0.2, -0.15) is 0 Å². The van der Waals surface area contributed by atoms with E-state index < -0.39 is 5.97 Å². The van der Waals surface area contributed by atoms with Crippen molar-refractivity contribution in [1.82, 2.24) is 4.57 Å². The van der Waals surface area contributed by atoms with E-state index in [1.807, 2.05) is 22.8 Å². The first-order valence-electron chi connectivity index (χ1n) is 9.07. The topological polar surface area (TPSA) is 60.7 Å². The molecule has 152 valence electrons. The minimum absolute atomic E-state index is 0.115. The van der Waals surface area contributed by atoms with E-state index >= 15 is 0 Å². The summed E-state index contributed by atoms with van der Waals surface area (Å²) in [6, 6.07) is 19.0. The highest BCUT2D eigenvalue weighted by Gasteiger charge is 2.26. The summed E-state index contributed by atoms with van der Waals surface area (Å²) >= 11 is 12.2. The van der Waals surface area contributed by atoms with Crippen molar-refractivity contribution >= 4 is 40.1 Å². The lowest BCUT2D eigenvalue weighted by Gasteiger charge is -2.11. The van der Waals surface area contributed by atoms with Gasteiger partial charge in [-0.25, -0.2) is 4.79 Å². The van der Waals surface area contributed by atoms with E-state index in [-0.39, 0.29) is 11.4 Å². The highest BCUT2D eigenvalue weighted by atomic mass is 35.5. The smallest absolute Gasteiger partial charge is 0.358 e. The minimum Gasteiger partial charge on any atom is -0.508 e. The number of halogens is 2. The fraction of sp³-hybridized carbons (Fsp3) is 0.0870. The van der Waals surface area contributed by atoms with Crippen LogP contribution in [-0.4, -0.2) is 22.8 Å². The van der Waals surface area contributed by atoms with Crippen LogP contribution in [0.25, 0.3) is 10.9 Å². The van der Waals surface area contributed by atoms with Crippen LogP contribution in [0, 0.1) is 0 Å². The molecule has 0 aliphatic carbocycles. The molecular formula is C23H17Cl2NO4. The fourth-order valence-electron chi connectivity index (χ4n) is 3.27. The van der Waals surface area contributed by atoms with E-state index in [0.717, 1.165) is 11.1 Å². The number of ether oxygens (including phenoxy) is 2. The Hall–Kier alpha value is -3.15. The number of benzene rings is 3. The first-order valence-corrected chi connectivity index (χ1v) is 9.83. The predicted octanol–water partition coefficient (Wildman–Crippen LogP) is 6.28. The summed E-state index contributed by atoms with van der Waals surface area (Å²) in [6.07, 6.45) is 0. The standard InChI is InChI=1S/C23H17Cl2NO4/c1-29-23(28)21-22(30-18-9-7-17(27)8-10-18)19-12-16(25)6-11-20(19)26(21)13-14-2-4-15(24)5-3-14/h2-12,27H,13H2,1H3. The minimum atomic E-state index is -0.537. The molecule has 0 atom stereocenters. The van der Waals surface area contributed by atoms with Crippen LogP contribution < -0.4 is 4.74 Å². The monoisotopic (exact) mass is 441 g/mol. The van der Waals surface area contributed by atoms with Crippen molar-refractivity contribution in [3.8, 4) is 17.2 Å². The number of methoxy groups -OCH3 is 1. The largest absolute Gasteiger partial charge is 0.508 e. The number of aromatic nitrogens is 1. The maximum Gasteiger partial charge on any atom is 0.358 e. The lowest BCUT2D eigenvalue weighted by molar-refractivity contribution is 0.0586. The zero-order valence-electron chi connectivity index (χ0n) is 15.9. The molecule has 7 heteroatoms. The average molecular weight is 442 g/mol. The number of hydrogen-bond acceptors (Lipinski definition) is 4. The van der Waals surface area contributed by atoms with Crippen LogP contribution in [0.4, 0.5) is 0 Å². The molecule has 4 aromatic rings. The Kier molecular flexibility index (Phi) is 5.57. The molecule has 0 radical (unpaired) electrons. The van der Waals surface area contributed by atoms with Gasteiger partial charge >= 0.3 is 5.97 Å². The van der Waals surface area contributed by atoms with Gasteiger partial charge in [0.1, 0.15) is 11.5 Å². The second-order valence-corrected chi connectivity index (χ2v) is 7.51. The second kappa shape index (κ2) is 8.30. The van der Waals surface area contributed by atoms with Crippen LogP contribution in [0.3, 0.4) is 0 Å². The number of nitrogens with zero attached hydrogens (tertiary/aromatic N) is 1. The molecule has 0 saturated carbocycles. The summed E-state index contributed by atoms with van der Waals surface area (Å²) in [5.74, 6) is 0.372. The SMILES string of the molecule is COC(=O)c1c(Oc2ccc(O)cc2)c2cc(Cl)ccc2n1Cc1ccc(Cl)cc1. The maximum absolute atomic E-state index is 12.8. The van der Waals surface area contributed by atoms with Gasteiger partial charge in [-0.3, -0.25) is 0 Å². The van der Waals surface area contributed by atoms with E-state index in [0.29, 0.717) is 33.5 Å². The van der Waals surface area contributed by atoms with Gasteiger partial charge in [0.15, 0.2) is 11.4 Å². The highest BCUT2D eigenvalue weighted by molar-refractivity contribution is 6.31. The molecule has 0 unspecified atom stereocenters. The molecule has 0 aliphatic heterocycles. The summed E-state index contributed by atoms with van der Waals surface area (Å²) in [5, 5.41) is 11.4. The number of fused-ring (bicyclic) bond motifs is 1. The average Bonchev–Trinajstić information content (AvgIpc) is 3.03. The Labute approximate surface area is 183 Å². The molecular weight excluding hydrogens is 425 g/mol. The number of carbonyl (C=O) groups excluding carboxylic acids is 1. The number of hydrogen-bond donors (Lipinski definition) is 1. The fourth-order valence-corrected chi connectivity index (χ4v) is 3.57. The number of phenols is 1. The molecule has 0 spiro atoms. The molecule has 1 heterocycles. The normalized spacial score (nSPS) is 10.9. The van der Waals surface area contributed by atoms with Gasteiger partial charge < -0.3 is 19.1 Å². The molecule has 0 aliphatic rings. The van der Waals surface area contributed by atoms with Gasteiger partial charge in [0.05, 0.1) is 12.6 Å². The maximum atomic E-state index is 12.8. The number of aromatic hydroxyl groups is 1. The molecule has 1 N–H and O–H groups in total. The summed E-state index contributed by atoms with van der Waals surface area (Å²) < 4.78 is 13.0. The van der Waals surface area contributed by atoms with Gasteiger partial charge in [-0.1, -0.05) is 35.3 Å². The highest BCUT2D eigenvalue weighted by Crippen LogP contribution is 2.39. The van der Waals surface area contributed by atoms with Crippen molar-refractivity contribution in [1.29, 1.82) is 0 Å². The molecule has 5 nitrogen and oxygen atoms in total. The van der Waals surface area contributed by atoms with E-state index in [1.54, 1.807) is 36.4 Å². The van der Waals surface area contributed by atoms with Gasteiger partial charge in [0, 0.05) is 22.0 Å². The van der Waals surface area contributed by atoms with Crippen LogP contribution in [0.15, 0.2) is 66.7 Å². The van der Waals surface area contributed by atoms with Crippen LogP contribution in [-0.2, 0) is 11.3 Å². The lowest BCUT2D eigenvalue weighted by atomic mass is 10.2. The van der Waals surface area contributed by atoms with E-state index in [2.05, 4.69) is 0 Å². The summed E-state index contributed by atoms with van der Waals surface area (Å²) in [4.78, 5) is 12.8. The molecule has 4 rings (SSSR count). The van der Waals surface area contributed by atoms with Crippen LogP contribution in [0.1, 0.15) is 16.1 Å². The van der Waals surface area contributed by atoms with Crippen molar-refractivity contribution in [2.75, 3.05) is 7.11 Å². The predicted molar refractivity (Wildman–Crippen MR) is 117 cm³/mol. The molecule has 0 saturated heterocycles. The third-order valence-corrected chi connectivity index (χ3v) is 5.16. The van der Waals surface area contributed by atoms with Crippen LogP contribution in [0.2, 0.25) is 10.0 Å². The third-order valence-electron chi connectivity index (χ3n) is 4.67. The van der Waals surface area contributed by atoms with E-state index in [9.17, 15) is 9.90 Å². The van der Waals surface area contributed by atoms with Crippen molar-refractivity contribution in [3.05, 3.63) is 88.0 Å². The number of carbonyl (C=O) groups is 1. The molecule has 0 fully saturated rings. The Morgan fingerprint density at radius 1 is 0.967 bits per heavy atom. The second-order valence-electron chi connectivity index (χ2n) is 6.64. The lowest BCUT2D eigenvalue weighted by Crippen LogP contribution is -2.12.